The summed E-state index contributed by atoms with van der Waals surface area (Å²) in [6.07, 6.45) is 0. The Morgan fingerprint density at radius 3 is 2.79 bits per heavy atom. The molecule has 0 saturated carbocycles. The first-order valence-corrected chi connectivity index (χ1v) is 3.99. The van der Waals surface area contributed by atoms with Gasteiger partial charge in [0.15, 0.2) is 0 Å². The number of hydrogen-bond donors (Lipinski definition) is 0. The van der Waals surface area contributed by atoms with Crippen LogP contribution < -0.4 is 16.8 Å². The van der Waals surface area contributed by atoms with Crippen molar-refractivity contribution in [2.24, 2.45) is 7.05 Å². The van der Waals surface area contributed by atoms with E-state index in [2.05, 4.69) is 4.42 Å². The summed E-state index contributed by atoms with van der Waals surface area (Å²) in [4.78, 5) is 22.4. The fraction of sp³-hybridized carbons (Fsp3) is 0.111. The third-order valence-electron chi connectivity index (χ3n) is 2.06. The van der Waals surface area contributed by atoms with Gasteiger partial charge >= 0.3 is 11.4 Å². The van der Waals surface area contributed by atoms with Gasteiger partial charge in [-0.15, -0.1) is 0 Å². The van der Waals surface area contributed by atoms with Crippen molar-refractivity contribution < 1.29 is 4.42 Å². The molecule has 0 aliphatic carbocycles. The first kappa shape index (κ1) is 8.81. The largest absolute Gasteiger partial charge is 0.422 e. The fourth-order valence-corrected chi connectivity index (χ4v) is 1.30. The van der Waals surface area contributed by atoms with Crippen molar-refractivity contribution in [3.05, 3.63) is 39.2 Å². The number of fused-ring (bicyclic) bond motifs is 1. The van der Waals surface area contributed by atoms with E-state index in [1.807, 2.05) is 0 Å². The third-order valence-corrected chi connectivity index (χ3v) is 2.06. The second-order valence-electron chi connectivity index (χ2n) is 2.99. The molecule has 0 amide bonds. The molecule has 1 aromatic carbocycles. The minimum atomic E-state index is -0.687. The van der Waals surface area contributed by atoms with Gasteiger partial charge in [0.2, 0.25) is 0 Å². The average Bonchev–Trinajstić information content (AvgIpc) is 2.14. The molecule has 2 radical (unpaired) electrons. The topological polar surface area (TPSA) is 52.2 Å². The van der Waals surface area contributed by atoms with E-state index in [0.717, 1.165) is 0 Å². The lowest BCUT2D eigenvalue weighted by Gasteiger charge is -2.02. The van der Waals surface area contributed by atoms with Crippen LogP contribution in [0.4, 0.5) is 0 Å². The number of aromatic nitrogens is 1. The van der Waals surface area contributed by atoms with Crippen molar-refractivity contribution in [3.8, 4) is 0 Å². The molecule has 0 aliphatic heterocycles. The summed E-state index contributed by atoms with van der Waals surface area (Å²) in [5.41, 5.74) is 0.340. The maximum Gasteiger partial charge on any atom is 0.422 e. The zero-order valence-corrected chi connectivity index (χ0v) is 7.48. The molecule has 0 spiro atoms. The van der Waals surface area contributed by atoms with Crippen LogP contribution in [0, 0.1) is 0 Å². The first-order valence-electron chi connectivity index (χ1n) is 3.99. The van der Waals surface area contributed by atoms with Gasteiger partial charge in [0.25, 0.3) is 0 Å². The van der Waals surface area contributed by atoms with Gasteiger partial charge in [0.1, 0.15) is 7.85 Å². The molecule has 2 rings (SSSR count). The fourth-order valence-electron chi connectivity index (χ4n) is 1.30. The molecule has 5 heteroatoms. The number of rotatable bonds is 0. The van der Waals surface area contributed by atoms with Gasteiger partial charge in [-0.25, -0.2) is 9.59 Å². The van der Waals surface area contributed by atoms with Crippen LogP contribution in [0.25, 0.3) is 10.9 Å². The van der Waals surface area contributed by atoms with Gasteiger partial charge in [-0.3, -0.25) is 4.57 Å². The minimum absolute atomic E-state index is 0.348. The number of hydrogen-bond acceptors (Lipinski definition) is 3. The lowest BCUT2D eigenvalue weighted by atomic mass is 9.95. The van der Waals surface area contributed by atoms with E-state index in [4.69, 9.17) is 7.85 Å². The zero-order valence-electron chi connectivity index (χ0n) is 7.48. The summed E-state index contributed by atoms with van der Waals surface area (Å²) in [7, 11) is 7.07. The van der Waals surface area contributed by atoms with Crippen molar-refractivity contribution in [3.63, 3.8) is 0 Å². The van der Waals surface area contributed by atoms with E-state index < -0.39 is 11.4 Å². The summed E-state index contributed by atoms with van der Waals surface area (Å²) in [6, 6.07) is 4.69. The highest BCUT2D eigenvalue weighted by Gasteiger charge is 2.05. The van der Waals surface area contributed by atoms with Crippen LogP contribution in [0.3, 0.4) is 0 Å². The molecule has 0 saturated heterocycles. The van der Waals surface area contributed by atoms with Crippen molar-refractivity contribution in [2.45, 2.75) is 0 Å². The molecule has 2 aromatic rings. The molecule has 68 valence electrons. The highest BCUT2D eigenvalue weighted by molar-refractivity contribution is 6.33. The van der Waals surface area contributed by atoms with Crippen LogP contribution in [-0.4, -0.2) is 12.4 Å². The first-order chi connectivity index (χ1) is 6.59. The number of aryl methyl sites for hydroxylation is 1. The Hall–Kier alpha value is -1.78. The second kappa shape index (κ2) is 2.87. The lowest BCUT2D eigenvalue weighted by molar-refractivity contribution is 0.433. The third kappa shape index (κ3) is 1.17. The molecular weight excluding hydrogens is 181 g/mol. The van der Waals surface area contributed by atoms with E-state index in [1.165, 1.54) is 17.7 Å². The quantitative estimate of drug-likeness (QED) is 0.511. The molecule has 1 heterocycles. The number of benzene rings is 1. The Labute approximate surface area is 80.2 Å². The molecule has 14 heavy (non-hydrogen) atoms. The van der Waals surface area contributed by atoms with Crippen LogP contribution in [-0.2, 0) is 7.05 Å². The Kier molecular flexibility index (Phi) is 1.80. The predicted octanol–water partition coefficient (Wildman–Crippen LogP) is -0.715. The van der Waals surface area contributed by atoms with Gasteiger partial charge < -0.3 is 4.42 Å². The Bertz CT molecular complexity index is 611. The van der Waals surface area contributed by atoms with E-state index in [1.54, 1.807) is 12.1 Å². The molecule has 0 bridgehead atoms. The van der Waals surface area contributed by atoms with Crippen LogP contribution in [0.2, 0.25) is 0 Å². The molecule has 0 N–H and O–H groups in total. The Morgan fingerprint density at radius 1 is 1.36 bits per heavy atom. The maximum absolute atomic E-state index is 11.2. The van der Waals surface area contributed by atoms with Crippen molar-refractivity contribution >= 4 is 24.2 Å². The molecule has 0 atom stereocenters. The summed E-state index contributed by atoms with van der Waals surface area (Å²) < 4.78 is 5.72. The van der Waals surface area contributed by atoms with E-state index in [0.29, 0.717) is 16.4 Å². The molecule has 1 aromatic heterocycles. The zero-order chi connectivity index (χ0) is 10.3. The van der Waals surface area contributed by atoms with Crippen LogP contribution in [0.5, 0.6) is 0 Å². The van der Waals surface area contributed by atoms with Gasteiger partial charge in [0, 0.05) is 7.05 Å². The summed E-state index contributed by atoms with van der Waals surface area (Å²) in [6.45, 7) is 0. The maximum atomic E-state index is 11.2. The predicted molar refractivity (Wildman–Crippen MR) is 53.1 cm³/mol. The van der Waals surface area contributed by atoms with Gasteiger partial charge in [0.05, 0.1) is 10.9 Å². The second-order valence-corrected chi connectivity index (χ2v) is 2.99. The standard InChI is InChI=1S/C9H6BNO3/c1-11-7-4-5(10)2-3-6(7)8(12)14-9(11)13/h2-4H,1H3. The van der Waals surface area contributed by atoms with Gasteiger partial charge in [-0.05, 0) is 12.1 Å². The average molecular weight is 187 g/mol. The molecule has 0 fully saturated rings. The normalized spacial score (nSPS) is 10.6. The molecule has 4 nitrogen and oxygen atoms in total. The van der Waals surface area contributed by atoms with E-state index in [9.17, 15) is 9.59 Å². The highest BCUT2D eigenvalue weighted by atomic mass is 16.4. The van der Waals surface area contributed by atoms with Gasteiger partial charge in [-0.2, -0.15) is 0 Å². The van der Waals surface area contributed by atoms with E-state index >= 15 is 0 Å². The lowest BCUT2D eigenvalue weighted by Crippen LogP contribution is -2.23. The summed E-state index contributed by atoms with van der Waals surface area (Å²) in [5, 5.41) is 0.348. The Morgan fingerprint density at radius 2 is 2.07 bits per heavy atom. The molecule has 0 aliphatic rings. The van der Waals surface area contributed by atoms with Crippen LogP contribution >= 0.6 is 0 Å². The minimum Gasteiger partial charge on any atom is -0.372 e. The van der Waals surface area contributed by atoms with Crippen molar-refractivity contribution in [1.82, 2.24) is 4.57 Å². The summed E-state index contributed by atoms with van der Waals surface area (Å²) >= 11 is 0. The van der Waals surface area contributed by atoms with Crippen molar-refractivity contribution in [2.75, 3.05) is 0 Å². The molecule has 0 unspecified atom stereocenters. The smallest absolute Gasteiger partial charge is 0.372 e. The van der Waals surface area contributed by atoms with E-state index in [-0.39, 0.29) is 0 Å². The van der Waals surface area contributed by atoms with Gasteiger partial charge in [-0.1, -0.05) is 11.5 Å². The highest BCUT2D eigenvalue weighted by Crippen LogP contribution is 2.03. The molecular formula is C9H6BNO3. The monoisotopic (exact) mass is 187 g/mol. The number of nitrogens with zero attached hydrogens (tertiary/aromatic N) is 1. The summed E-state index contributed by atoms with van der Waals surface area (Å²) in [5.74, 6) is -0.687. The van der Waals surface area contributed by atoms with Crippen molar-refractivity contribution in [1.29, 1.82) is 0 Å². The van der Waals surface area contributed by atoms with Crippen LogP contribution in [0.1, 0.15) is 0 Å². The SMILES string of the molecule is [B]c1ccc2c(=O)oc(=O)n(C)c2c1. The van der Waals surface area contributed by atoms with Crippen LogP contribution in [0.15, 0.2) is 32.2 Å². The Balaban J connectivity index is 3.11.